The molecule has 0 saturated carbocycles. The van der Waals surface area contributed by atoms with Crippen molar-refractivity contribution in [1.29, 1.82) is 0 Å². The van der Waals surface area contributed by atoms with Crippen molar-refractivity contribution in [3.63, 3.8) is 0 Å². The first-order chi connectivity index (χ1) is 7.65. The molecule has 1 aromatic rings. The van der Waals surface area contributed by atoms with Crippen LogP contribution in [0.2, 0.25) is 0 Å². The van der Waals surface area contributed by atoms with Gasteiger partial charge < -0.3 is 14.7 Å². The lowest BCUT2D eigenvalue weighted by Gasteiger charge is -2.18. The van der Waals surface area contributed by atoms with Crippen LogP contribution in [-0.4, -0.2) is 42.9 Å². The predicted molar refractivity (Wildman–Crippen MR) is 61.0 cm³/mol. The summed E-state index contributed by atoms with van der Waals surface area (Å²) < 4.78 is 5.23. The second-order valence-corrected chi connectivity index (χ2v) is 3.33. The monoisotopic (exact) mass is 224 g/mol. The fourth-order valence-electron chi connectivity index (χ4n) is 1.21. The minimum atomic E-state index is -1.01. The molecule has 5 heteroatoms. The van der Waals surface area contributed by atoms with Crippen molar-refractivity contribution in [3.05, 3.63) is 24.0 Å². The lowest BCUT2D eigenvalue weighted by atomic mass is 10.3. The van der Waals surface area contributed by atoms with Crippen molar-refractivity contribution >= 4 is 11.7 Å². The van der Waals surface area contributed by atoms with Crippen LogP contribution in [0.1, 0.15) is 17.4 Å². The van der Waals surface area contributed by atoms with Gasteiger partial charge in [0.1, 0.15) is 5.69 Å². The fraction of sp³-hybridized carbons (Fsp3) is 0.455. The molecule has 0 aliphatic heterocycles. The van der Waals surface area contributed by atoms with E-state index in [0.717, 1.165) is 12.2 Å². The summed E-state index contributed by atoms with van der Waals surface area (Å²) in [5, 5.41) is 8.69. The molecule has 0 aromatic carbocycles. The Hall–Kier alpha value is -1.62. The van der Waals surface area contributed by atoms with Gasteiger partial charge in [-0.2, -0.15) is 0 Å². The average Bonchev–Trinajstić information content (AvgIpc) is 2.29. The highest BCUT2D eigenvalue weighted by molar-refractivity contribution is 5.85. The summed E-state index contributed by atoms with van der Waals surface area (Å²) in [5.41, 5.74) is 0.937. The van der Waals surface area contributed by atoms with E-state index in [2.05, 4.69) is 4.98 Å². The van der Waals surface area contributed by atoms with Gasteiger partial charge in [-0.25, -0.2) is 9.78 Å². The molecule has 0 fully saturated rings. The van der Waals surface area contributed by atoms with E-state index >= 15 is 0 Å². The molecule has 0 spiro atoms. The second-order valence-electron chi connectivity index (χ2n) is 3.33. The van der Waals surface area contributed by atoms with Crippen LogP contribution in [0, 0.1) is 0 Å². The van der Waals surface area contributed by atoms with Crippen molar-refractivity contribution in [1.82, 2.24) is 4.98 Å². The van der Waals surface area contributed by atoms with Gasteiger partial charge in [0.2, 0.25) is 0 Å². The zero-order valence-corrected chi connectivity index (χ0v) is 9.51. The first kappa shape index (κ1) is 12.4. The lowest BCUT2D eigenvalue weighted by molar-refractivity contribution is 0.0690. The van der Waals surface area contributed by atoms with E-state index in [-0.39, 0.29) is 5.69 Å². The number of nitrogens with zero attached hydrogens (tertiary/aromatic N) is 2. The number of hydrogen-bond donors (Lipinski definition) is 1. The number of aromatic carboxylic acids is 1. The number of pyridine rings is 1. The van der Waals surface area contributed by atoms with Crippen LogP contribution < -0.4 is 4.90 Å². The molecule has 0 aliphatic rings. The van der Waals surface area contributed by atoms with Crippen molar-refractivity contribution in [2.75, 3.05) is 31.7 Å². The zero-order chi connectivity index (χ0) is 12.0. The first-order valence-corrected chi connectivity index (χ1v) is 5.13. The molecule has 0 unspecified atom stereocenters. The van der Waals surface area contributed by atoms with Gasteiger partial charge in [0, 0.05) is 20.2 Å². The number of hydrogen-bond acceptors (Lipinski definition) is 4. The SMILES string of the molecule is CCOCCN(C)c1ccc(C(=O)O)nc1. The van der Waals surface area contributed by atoms with Gasteiger partial charge in [0.25, 0.3) is 0 Å². The molecular weight excluding hydrogens is 208 g/mol. The van der Waals surface area contributed by atoms with Crippen LogP contribution in [0.3, 0.4) is 0 Å². The van der Waals surface area contributed by atoms with Crippen LogP contribution in [0.15, 0.2) is 18.3 Å². The fourth-order valence-corrected chi connectivity index (χ4v) is 1.21. The maximum absolute atomic E-state index is 10.6. The topological polar surface area (TPSA) is 62.7 Å². The molecule has 1 heterocycles. The number of carboxylic acid groups (broad SMARTS) is 1. The van der Waals surface area contributed by atoms with Gasteiger partial charge in [0.05, 0.1) is 18.5 Å². The number of likely N-dealkylation sites (N-methyl/N-ethyl adjacent to an activating group) is 1. The van der Waals surface area contributed by atoms with E-state index in [9.17, 15) is 4.79 Å². The Kier molecular flexibility index (Phi) is 4.72. The van der Waals surface area contributed by atoms with E-state index in [4.69, 9.17) is 9.84 Å². The Bertz CT molecular complexity index is 338. The number of rotatable bonds is 6. The van der Waals surface area contributed by atoms with Crippen molar-refractivity contribution in [2.24, 2.45) is 0 Å². The third-order valence-electron chi connectivity index (χ3n) is 2.18. The van der Waals surface area contributed by atoms with Crippen LogP contribution in [0.25, 0.3) is 0 Å². The third-order valence-corrected chi connectivity index (χ3v) is 2.18. The Morgan fingerprint density at radius 2 is 2.31 bits per heavy atom. The molecular formula is C11H16N2O3. The summed E-state index contributed by atoms with van der Waals surface area (Å²) in [5.74, 6) is -1.01. The highest BCUT2D eigenvalue weighted by Gasteiger charge is 2.05. The molecule has 88 valence electrons. The van der Waals surface area contributed by atoms with Crippen molar-refractivity contribution < 1.29 is 14.6 Å². The normalized spacial score (nSPS) is 10.1. The van der Waals surface area contributed by atoms with Crippen molar-refractivity contribution in [2.45, 2.75) is 6.92 Å². The van der Waals surface area contributed by atoms with Crippen LogP contribution >= 0.6 is 0 Å². The lowest BCUT2D eigenvalue weighted by Crippen LogP contribution is -2.22. The molecule has 1 aromatic heterocycles. The second kappa shape index (κ2) is 6.07. The zero-order valence-electron chi connectivity index (χ0n) is 9.51. The van der Waals surface area contributed by atoms with Gasteiger partial charge in [-0.3, -0.25) is 0 Å². The molecule has 1 rings (SSSR count). The van der Waals surface area contributed by atoms with Gasteiger partial charge in [-0.05, 0) is 19.1 Å². The number of ether oxygens (including phenoxy) is 1. The van der Waals surface area contributed by atoms with E-state index in [1.165, 1.54) is 6.07 Å². The Morgan fingerprint density at radius 1 is 1.56 bits per heavy atom. The summed E-state index contributed by atoms with van der Waals surface area (Å²) in [6, 6.07) is 3.23. The summed E-state index contributed by atoms with van der Waals surface area (Å²) in [6.07, 6.45) is 1.55. The van der Waals surface area contributed by atoms with E-state index in [0.29, 0.717) is 13.2 Å². The highest BCUT2D eigenvalue weighted by Crippen LogP contribution is 2.10. The van der Waals surface area contributed by atoms with Crippen LogP contribution in [0.5, 0.6) is 0 Å². The number of aromatic nitrogens is 1. The van der Waals surface area contributed by atoms with Gasteiger partial charge in [-0.15, -0.1) is 0 Å². The van der Waals surface area contributed by atoms with E-state index < -0.39 is 5.97 Å². The van der Waals surface area contributed by atoms with E-state index in [1.54, 1.807) is 12.3 Å². The Morgan fingerprint density at radius 3 is 2.81 bits per heavy atom. The molecule has 0 aliphatic carbocycles. The number of carbonyl (C=O) groups is 1. The summed E-state index contributed by atoms with van der Waals surface area (Å²) in [4.78, 5) is 16.4. The van der Waals surface area contributed by atoms with Gasteiger partial charge in [0.15, 0.2) is 0 Å². The maximum Gasteiger partial charge on any atom is 0.354 e. The van der Waals surface area contributed by atoms with E-state index in [1.807, 2.05) is 18.9 Å². The summed E-state index contributed by atoms with van der Waals surface area (Å²) in [7, 11) is 1.91. The molecule has 1 N–H and O–H groups in total. The molecule has 0 amide bonds. The van der Waals surface area contributed by atoms with Crippen LogP contribution in [-0.2, 0) is 4.74 Å². The average molecular weight is 224 g/mol. The molecule has 0 radical (unpaired) electrons. The number of carboxylic acids is 1. The quantitative estimate of drug-likeness (QED) is 0.737. The number of anilines is 1. The minimum Gasteiger partial charge on any atom is -0.477 e. The molecule has 0 saturated heterocycles. The first-order valence-electron chi connectivity index (χ1n) is 5.13. The molecule has 16 heavy (non-hydrogen) atoms. The molecule has 5 nitrogen and oxygen atoms in total. The smallest absolute Gasteiger partial charge is 0.354 e. The largest absolute Gasteiger partial charge is 0.477 e. The standard InChI is InChI=1S/C11H16N2O3/c1-3-16-7-6-13(2)9-4-5-10(11(14)15)12-8-9/h4-5,8H,3,6-7H2,1-2H3,(H,14,15). The summed E-state index contributed by atoms with van der Waals surface area (Å²) in [6.45, 7) is 4.04. The molecule has 0 bridgehead atoms. The maximum atomic E-state index is 10.6. The third kappa shape index (κ3) is 3.51. The van der Waals surface area contributed by atoms with Crippen LogP contribution in [0.4, 0.5) is 5.69 Å². The van der Waals surface area contributed by atoms with Gasteiger partial charge in [-0.1, -0.05) is 0 Å². The summed E-state index contributed by atoms with van der Waals surface area (Å²) >= 11 is 0. The minimum absolute atomic E-state index is 0.0574. The molecule has 0 atom stereocenters. The Labute approximate surface area is 94.7 Å². The Balaban J connectivity index is 2.56. The van der Waals surface area contributed by atoms with Crippen molar-refractivity contribution in [3.8, 4) is 0 Å². The predicted octanol–water partition coefficient (Wildman–Crippen LogP) is 1.25. The van der Waals surface area contributed by atoms with Gasteiger partial charge >= 0.3 is 5.97 Å². The highest BCUT2D eigenvalue weighted by atomic mass is 16.5.